The molecule has 0 spiro atoms. The number of nitrogens with zero attached hydrogens (tertiary/aromatic N) is 2. The van der Waals surface area contributed by atoms with Crippen LogP contribution in [0.3, 0.4) is 0 Å². The van der Waals surface area contributed by atoms with Crippen LogP contribution in [0.15, 0.2) is 42.6 Å². The highest BCUT2D eigenvalue weighted by Crippen LogP contribution is 2.32. The molecule has 0 amide bonds. The van der Waals surface area contributed by atoms with Gasteiger partial charge < -0.3 is 4.40 Å². The first-order valence-electron chi connectivity index (χ1n) is 7.32. The third-order valence-electron chi connectivity index (χ3n) is 3.82. The predicted molar refractivity (Wildman–Crippen MR) is 89.0 cm³/mol. The Balaban J connectivity index is 2.23. The molecule has 0 aliphatic rings. The highest BCUT2D eigenvalue weighted by Gasteiger charge is 2.17. The molecule has 0 aliphatic heterocycles. The van der Waals surface area contributed by atoms with E-state index in [0.29, 0.717) is 0 Å². The zero-order valence-electron chi connectivity index (χ0n) is 12.6. The molecule has 2 heterocycles. The van der Waals surface area contributed by atoms with E-state index in [0.717, 1.165) is 29.0 Å². The van der Waals surface area contributed by atoms with Crippen LogP contribution in [0.5, 0.6) is 0 Å². The van der Waals surface area contributed by atoms with Crippen LogP contribution in [0.1, 0.15) is 36.0 Å². The van der Waals surface area contributed by atoms with Gasteiger partial charge >= 0.3 is 0 Å². The van der Waals surface area contributed by atoms with Gasteiger partial charge in [0.25, 0.3) is 0 Å². The van der Waals surface area contributed by atoms with Gasteiger partial charge in [-0.3, -0.25) is 0 Å². The zero-order valence-corrected chi connectivity index (χ0v) is 13.4. The number of hydrogen-bond acceptors (Lipinski definition) is 1. The molecule has 108 valence electrons. The van der Waals surface area contributed by atoms with Crippen LogP contribution in [0.4, 0.5) is 0 Å². The summed E-state index contributed by atoms with van der Waals surface area (Å²) in [7, 11) is 0. The van der Waals surface area contributed by atoms with Gasteiger partial charge in [-0.25, -0.2) is 4.98 Å². The Bertz CT molecular complexity index is 770. The minimum absolute atomic E-state index is 0.0948. The average molecular weight is 299 g/mol. The molecule has 1 atom stereocenters. The van der Waals surface area contributed by atoms with Gasteiger partial charge in [0, 0.05) is 11.8 Å². The maximum absolute atomic E-state index is 6.43. The molecule has 0 aliphatic carbocycles. The predicted octanol–water partition coefficient (Wildman–Crippen LogP) is 5.17. The number of fused-ring (bicyclic) bond motifs is 1. The lowest BCUT2D eigenvalue weighted by atomic mass is 10.1. The van der Waals surface area contributed by atoms with Gasteiger partial charge in [-0.15, -0.1) is 11.6 Å². The third kappa shape index (κ3) is 2.56. The summed E-state index contributed by atoms with van der Waals surface area (Å²) < 4.78 is 2.11. The van der Waals surface area contributed by atoms with Crippen LogP contribution < -0.4 is 0 Å². The van der Waals surface area contributed by atoms with Crippen LogP contribution in [0, 0.1) is 6.92 Å². The average Bonchev–Trinajstić information content (AvgIpc) is 2.86. The number of benzene rings is 1. The van der Waals surface area contributed by atoms with E-state index in [4.69, 9.17) is 16.6 Å². The zero-order chi connectivity index (χ0) is 15.0. The molecular weight excluding hydrogens is 280 g/mol. The normalized spacial score (nSPS) is 12.8. The molecule has 0 fully saturated rings. The van der Waals surface area contributed by atoms with Crippen molar-refractivity contribution in [3.63, 3.8) is 0 Å². The number of halogens is 1. The molecule has 0 N–H and O–H groups in total. The number of pyridine rings is 1. The van der Waals surface area contributed by atoms with E-state index >= 15 is 0 Å². The first-order valence-corrected chi connectivity index (χ1v) is 7.75. The maximum atomic E-state index is 6.43. The molecule has 3 rings (SSSR count). The molecule has 21 heavy (non-hydrogen) atoms. The van der Waals surface area contributed by atoms with Crippen molar-refractivity contribution in [2.75, 3.05) is 0 Å². The summed E-state index contributed by atoms with van der Waals surface area (Å²) in [5.74, 6) is 0. The Kier molecular flexibility index (Phi) is 3.73. The monoisotopic (exact) mass is 298 g/mol. The highest BCUT2D eigenvalue weighted by atomic mass is 35.5. The van der Waals surface area contributed by atoms with Crippen LogP contribution in [0.2, 0.25) is 0 Å². The van der Waals surface area contributed by atoms with Gasteiger partial charge in [-0.2, -0.15) is 0 Å². The second-order valence-electron chi connectivity index (χ2n) is 5.45. The maximum Gasteiger partial charge on any atom is 0.137 e. The summed E-state index contributed by atoms with van der Waals surface area (Å²) in [5, 5.41) is -0.0948. The SMILES string of the molecule is CCc1ccc(-c2nc3ccc(C)cn3c2C(C)Cl)cc1. The van der Waals surface area contributed by atoms with Gasteiger partial charge in [0.15, 0.2) is 0 Å². The first kappa shape index (κ1) is 14.2. The second kappa shape index (κ2) is 5.53. The minimum Gasteiger partial charge on any atom is -0.302 e. The summed E-state index contributed by atoms with van der Waals surface area (Å²) >= 11 is 6.43. The van der Waals surface area contributed by atoms with Crippen molar-refractivity contribution < 1.29 is 0 Å². The fraction of sp³-hybridized carbons (Fsp3) is 0.278. The van der Waals surface area contributed by atoms with Crippen molar-refractivity contribution >= 4 is 17.2 Å². The van der Waals surface area contributed by atoms with E-state index in [-0.39, 0.29) is 5.38 Å². The number of hydrogen-bond donors (Lipinski definition) is 0. The number of aromatic nitrogens is 2. The van der Waals surface area contributed by atoms with E-state index in [1.165, 1.54) is 11.1 Å². The molecule has 0 saturated carbocycles. The lowest BCUT2D eigenvalue weighted by Gasteiger charge is -2.08. The molecule has 2 nitrogen and oxygen atoms in total. The molecule has 0 bridgehead atoms. The Morgan fingerprint density at radius 2 is 1.86 bits per heavy atom. The van der Waals surface area contributed by atoms with Crippen molar-refractivity contribution in [2.45, 2.75) is 32.6 Å². The van der Waals surface area contributed by atoms with Crippen molar-refractivity contribution in [2.24, 2.45) is 0 Å². The van der Waals surface area contributed by atoms with Crippen molar-refractivity contribution in [3.8, 4) is 11.3 Å². The minimum atomic E-state index is -0.0948. The van der Waals surface area contributed by atoms with E-state index in [1.54, 1.807) is 0 Å². The lowest BCUT2D eigenvalue weighted by Crippen LogP contribution is -1.96. The van der Waals surface area contributed by atoms with Crippen molar-refractivity contribution in [3.05, 3.63) is 59.4 Å². The smallest absolute Gasteiger partial charge is 0.137 e. The van der Waals surface area contributed by atoms with Crippen molar-refractivity contribution in [1.29, 1.82) is 0 Å². The van der Waals surface area contributed by atoms with Gasteiger partial charge in [-0.1, -0.05) is 37.3 Å². The molecule has 3 heteroatoms. The fourth-order valence-electron chi connectivity index (χ4n) is 2.66. The summed E-state index contributed by atoms with van der Waals surface area (Å²) in [6.07, 6.45) is 3.14. The first-order chi connectivity index (χ1) is 10.1. The van der Waals surface area contributed by atoms with E-state index < -0.39 is 0 Å². The summed E-state index contributed by atoms with van der Waals surface area (Å²) in [6.45, 7) is 6.24. The Labute approximate surface area is 130 Å². The number of imidazole rings is 1. The largest absolute Gasteiger partial charge is 0.302 e. The van der Waals surface area contributed by atoms with E-state index in [2.05, 4.69) is 54.8 Å². The molecular formula is C18H19ClN2. The third-order valence-corrected chi connectivity index (χ3v) is 4.02. The lowest BCUT2D eigenvalue weighted by molar-refractivity contribution is 0.959. The standard InChI is InChI=1S/C18H19ClN2/c1-4-14-6-8-15(9-7-14)17-18(13(3)19)21-11-12(2)5-10-16(21)20-17/h5-11,13H,4H2,1-3H3. The second-order valence-corrected chi connectivity index (χ2v) is 6.10. The summed E-state index contributed by atoms with van der Waals surface area (Å²) in [5.41, 5.74) is 6.63. The number of alkyl halides is 1. The molecule has 3 aromatic rings. The van der Waals surface area contributed by atoms with E-state index in [1.807, 2.05) is 13.0 Å². The van der Waals surface area contributed by atoms with Gasteiger partial charge in [0.2, 0.25) is 0 Å². The number of aryl methyl sites for hydroxylation is 2. The van der Waals surface area contributed by atoms with Gasteiger partial charge in [0.05, 0.1) is 16.8 Å². The molecule has 1 aromatic carbocycles. The molecule has 2 aromatic heterocycles. The van der Waals surface area contributed by atoms with Crippen LogP contribution in [0.25, 0.3) is 16.9 Å². The number of rotatable bonds is 3. The topological polar surface area (TPSA) is 17.3 Å². The van der Waals surface area contributed by atoms with Gasteiger partial charge in [-0.05, 0) is 37.5 Å². The summed E-state index contributed by atoms with van der Waals surface area (Å²) in [6, 6.07) is 12.7. The quantitative estimate of drug-likeness (QED) is 0.610. The summed E-state index contributed by atoms with van der Waals surface area (Å²) in [4.78, 5) is 4.78. The Morgan fingerprint density at radius 3 is 2.48 bits per heavy atom. The fourth-order valence-corrected chi connectivity index (χ4v) is 2.87. The molecule has 0 saturated heterocycles. The van der Waals surface area contributed by atoms with Crippen LogP contribution >= 0.6 is 11.6 Å². The van der Waals surface area contributed by atoms with Crippen LogP contribution in [-0.2, 0) is 6.42 Å². The Hall–Kier alpha value is -1.80. The molecule has 1 unspecified atom stereocenters. The van der Waals surface area contributed by atoms with Crippen molar-refractivity contribution in [1.82, 2.24) is 9.38 Å². The highest BCUT2D eigenvalue weighted by molar-refractivity contribution is 6.20. The van der Waals surface area contributed by atoms with Gasteiger partial charge in [0.1, 0.15) is 5.65 Å². The van der Waals surface area contributed by atoms with Crippen LogP contribution in [-0.4, -0.2) is 9.38 Å². The van der Waals surface area contributed by atoms with E-state index in [9.17, 15) is 0 Å². The molecule has 0 radical (unpaired) electrons. The Morgan fingerprint density at radius 1 is 1.14 bits per heavy atom.